The lowest BCUT2D eigenvalue weighted by atomic mass is 10.0. The third-order valence-corrected chi connectivity index (χ3v) is 5.69. The van der Waals surface area contributed by atoms with Crippen LogP contribution in [-0.4, -0.2) is 42.9 Å². The van der Waals surface area contributed by atoms with Crippen LogP contribution in [0.5, 0.6) is 0 Å². The fourth-order valence-corrected chi connectivity index (χ4v) is 4.14. The summed E-state index contributed by atoms with van der Waals surface area (Å²) in [5.41, 5.74) is 2.56. The van der Waals surface area contributed by atoms with Crippen LogP contribution in [0.2, 0.25) is 0 Å². The molecule has 3 rings (SSSR count). The Bertz CT molecular complexity index is 686. The third kappa shape index (κ3) is 3.48. The lowest BCUT2D eigenvalue weighted by Gasteiger charge is -2.24. The number of nitrogens with zero attached hydrogens (tertiary/aromatic N) is 2. The molecule has 0 saturated carbocycles. The van der Waals surface area contributed by atoms with Crippen LogP contribution >= 0.6 is 11.3 Å². The third-order valence-electron chi connectivity index (χ3n) is 4.56. The van der Waals surface area contributed by atoms with Crippen LogP contribution in [0.15, 0.2) is 36.4 Å². The minimum Gasteiger partial charge on any atom is -0.344 e. The molecule has 1 aliphatic rings. The van der Waals surface area contributed by atoms with Crippen molar-refractivity contribution < 1.29 is 4.79 Å². The highest BCUT2D eigenvalue weighted by Crippen LogP contribution is 2.32. The number of rotatable bonds is 4. The van der Waals surface area contributed by atoms with Crippen LogP contribution in [0.1, 0.15) is 41.0 Å². The van der Waals surface area contributed by atoms with Crippen LogP contribution in [0.25, 0.3) is 10.4 Å². The number of carbonyl (C=O) groups is 1. The van der Waals surface area contributed by atoms with Gasteiger partial charge in [-0.15, -0.1) is 11.3 Å². The van der Waals surface area contributed by atoms with Crippen LogP contribution < -0.4 is 0 Å². The molecule has 0 spiro atoms. The molecular weight excluding hydrogens is 304 g/mol. The lowest BCUT2D eigenvalue weighted by Crippen LogP contribution is -2.23. The first kappa shape index (κ1) is 16.2. The van der Waals surface area contributed by atoms with Crippen molar-refractivity contribution in [2.45, 2.75) is 25.8 Å². The zero-order valence-electron chi connectivity index (χ0n) is 14.1. The number of carbonyl (C=O) groups excluding carboxylic acids is 1. The van der Waals surface area contributed by atoms with Crippen molar-refractivity contribution in [3.63, 3.8) is 0 Å². The normalized spacial score (nSPS) is 16.5. The summed E-state index contributed by atoms with van der Waals surface area (Å²) in [7, 11) is 3.58. The summed E-state index contributed by atoms with van der Waals surface area (Å²) < 4.78 is 0. The van der Waals surface area contributed by atoms with Gasteiger partial charge in [-0.2, -0.15) is 0 Å². The first-order valence-electron chi connectivity index (χ1n) is 8.22. The van der Waals surface area contributed by atoms with Crippen molar-refractivity contribution in [3.8, 4) is 10.4 Å². The van der Waals surface area contributed by atoms with E-state index >= 15 is 0 Å². The summed E-state index contributed by atoms with van der Waals surface area (Å²) in [6, 6.07) is 13.2. The van der Waals surface area contributed by atoms with Crippen molar-refractivity contribution in [3.05, 3.63) is 46.8 Å². The molecule has 0 radical (unpaired) electrons. The minimum absolute atomic E-state index is 0.0721. The van der Waals surface area contributed by atoms with E-state index in [0.29, 0.717) is 6.04 Å². The number of hydrogen-bond donors (Lipinski definition) is 0. The van der Waals surface area contributed by atoms with Gasteiger partial charge in [-0.3, -0.25) is 9.69 Å². The Balaban J connectivity index is 1.83. The molecule has 2 aromatic rings. The van der Waals surface area contributed by atoms with Crippen LogP contribution in [0, 0.1) is 0 Å². The Labute approximate surface area is 142 Å². The average molecular weight is 328 g/mol. The number of benzene rings is 1. The zero-order chi connectivity index (χ0) is 16.4. The number of thiophene rings is 1. The largest absolute Gasteiger partial charge is 0.344 e. The van der Waals surface area contributed by atoms with Gasteiger partial charge in [0.15, 0.2) is 0 Å². The molecule has 1 amide bonds. The monoisotopic (exact) mass is 328 g/mol. The van der Waals surface area contributed by atoms with Crippen molar-refractivity contribution in [1.29, 1.82) is 0 Å². The second-order valence-corrected chi connectivity index (χ2v) is 7.49. The van der Waals surface area contributed by atoms with Crippen molar-refractivity contribution >= 4 is 17.2 Å². The van der Waals surface area contributed by atoms with Gasteiger partial charge in [-0.05, 0) is 62.2 Å². The maximum atomic E-state index is 12.1. The number of hydrogen-bond acceptors (Lipinski definition) is 3. The predicted octanol–water partition coefficient (Wildman–Crippen LogP) is 4.27. The van der Waals surface area contributed by atoms with Gasteiger partial charge in [-0.1, -0.05) is 18.2 Å². The van der Waals surface area contributed by atoms with Crippen molar-refractivity contribution in [1.82, 2.24) is 9.80 Å². The van der Waals surface area contributed by atoms with Gasteiger partial charge in [0, 0.05) is 25.0 Å². The molecule has 1 saturated heterocycles. The van der Waals surface area contributed by atoms with E-state index in [0.717, 1.165) is 9.75 Å². The van der Waals surface area contributed by atoms with Crippen molar-refractivity contribution in [2.24, 2.45) is 0 Å². The molecule has 1 atom stereocenters. The standard InChI is InChI=1S/C19H24N2OS/c1-14(21-11-4-5-12-21)15-7-6-8-16(13-15)17-9-10-18(23-17)19(22)20(2)3/h6-10,13-14H,4-5,11-12H2,1-3H3. The molecular formula is C19H24N2OS. The summed E-state index contributed by atoms with van der Waals surface area (Å²) in [5.74, 6) is 0.0721. The van der Waals surface area contributed by atoms with Gasteiger partial charge in [-0.25, -0.2) is 0 Å². The predicted molar refractivity (Wildman–Crippen MR) is 97.0 cm³/mol. The molecule has 1 unspecified atom stereocenters. The van der Waals surface area contributed by atoms with Crippen LogP contribution in [-0.2, 0) is 0 Å². The molecule has 0 N–H and O–H groups in total. The van der Waals surface area contributed by atoms with Crippen molar-refractivity contribution in [2.75, 3.05) is 27.2 Å². The summed E-state index contributed by atoms with van der Waals surface area (Å²) in [5, 5.41) is 0. The van der Waals surface area contributed by atoms with E-state index in [1.54, 1.807) is 30.3 Å². The molecule has 122 valence electrons. The van der Waals surface area contributed by atoms with E-state index in [9.17, 15) is 4.79 Å². The highest BCUT2D eigenvalue weighted by molar-refractivity contribution is 7.17. The number of likely N-dealkylation sites (tertiary alicyclic amines) is 1. The van der Waals surface area contributed by atoms with Gasteiger partial charge in [0.25, 0.3) is 5.91 Å². The maximum Gasteiger partial charge on any atom is 0.263 e. The van der Waals surface area contributed by atoms with E-state index in [2.05, 4.69) is 42.2 Å². The molecule has 1 aromatic carbocycles. The Kier molecular flexibility index (Phi) is 4.83. The Hall–Kier alpha value is -1.65. The summed E-state index contributed by atoms with van der Waals surface area (Å²) >= 11 is 1.57. The van der Waals surface area contributed by atoms with E-state index in [-0.39, 0.29) is 5.91 Å². The zero-order valence-corrected chi connectivity index (χ0v) is 14.9. The van der Waals surface area contributed by atoms with Gasteiger partial charge in [0.2, 0.25) is 0 Å². The SMILES string of the molecule is CC(c1cccc(-c2ccc(C(=O)N(C)C)s2)c1)N1CCCC1. The Morgan fingerprint density at radius 1 is 1.17 bits per heavy atom. The molecule has 3 nitrogen and oxygen atoms in total. The molecule has 2 heterocycles. The molecule has 23 heavy (non-hydrogen) atoms. The Morgan fingerprint density at radius 3 is 2.61 bits per heavy atom. The van der Waals surface area contributed by atoms with Gasteiger partial charge in [0.1, 0.15) is 0 Å². The van der Waals surface area contributed by atoms with Gasteiger partial charge < -0.3 is 4.90 Å². The summed E-state index contributed by atoms with van der Waals surface area (Å²) in [6.45, 7) is 4.69. The Morgan fingerprint density at radius 2 is 1.91 bits per heavy atom. The molecule has 4 heteroatoms. The molecule has 1 fully saturated rings. The van der Waals surface area contributed by atoms with E-state index in [4.69, 9.17) is 0 Å². The topological polar surface area (TPSA) is 23.6 Å². The van der Waals surface area contributed by atoms with Crippen LogP contribution in [0.4, 0.5) is 0 Å². The van der Waals surface area contributed by atoms with Gasteiger partial charge in [0.05, 0.1) is 4.88 Å². The van der Waals surface area contributed by atoms with E-state index in [1.165, 1.54) is 37.1 Å². The summed E-state index contributed by atoms with van der Waals surface area (Å²) in [4.78, 5) is 18.2. The average Bonchev–Trinajstić information content (AvgIpc) is 3.25. The second-order valence-electron chi connectivity index (χ2n) is 6.41. The molecule has 0 aliphatic carbocycles. The quantitative estimate of drug-likeness (QED) is 0.836. The van der Waals surface area contributed by atoms with Gasteiger partial charge >= 0.3 is 0 Å². The van der Waals surface area contributed by atoms with Crippen LogP contribution in [0.3, 0.4) is 0 Å². The maximum absolute atomic E-state index is 12.1. The first-order chi connectivity index (χ1) is 11.1. The number of amides is 1. The summed E-state index contributed by atoms with van der Waals surface area (Å²) in [6.07, 6.45) is 2.62. The fraction of sp³-hybridized carbons (Fsp3) is 0.421. The fourth-order valence-electron chi connectivity index (χ4n) is 3.12. The molecule has 1 aromatic heterocycles. The lowest BCUT2D eigenvalue weighted by molar-refractivity contribution is 0.0832. The second kappa shape index (κ2) is 6.85. The van der Waals surface area contributed by atoms with E-state index < -0.39 is 0 Å². The molecule has 0 bridgehead atoms. The minimum atomic E-state index is 0.0721. The van der Waals surface area contributed by atoms with E-state index in [1.807, 2.05) is 6.07 Å². The first-order valence-corrected chi connectivity index (χ1v) is 9.04. The smallest absolute Gasteiger partial charge is 0.263 e. The highest BCUT2D eigenvalue weighted by atomic mass is 32.1. The molecule has 1 aliphatic heterocycles. The highest BCUT2D eigenvalue weighted by Gasteiger charge is 2.20.